The number of unbranched alkanes of at least 4 members (excludes halogenated alkanes) is 5. The first-order chi connectivity index (χ1) is 14.0. The van der Waals surface area contributed by atoms with Crippen molar-refractivity contribution in [2.45, 2.75) is 70.8 Å². The van der Waals surface area contributed by atoms with Gasteiger partial charge in [-0.05, 0) is 42.9 Å². The molecule has 0 fully saturated rings. The van der Waals surface area contributed by atoms with Gasteiger partial charge in [-0.25, -0.2) is 4.98 Å². The zero-order chi connectivity index (χ0) is 21.1. The molecule has 1 aromatic carbocycles. The molecule has 2 aromatic rings. The molecule has 29 heavy (non-hydrogen) atoms. The molecule has 2 rings (SSSR count). The first-order valence-corrected chi connectivity index (χ1v) is 10.7. The van der Waals surface area contributed by atoms with E-state index in [0.717, 1.165) is 28.8 Å². The van der Waals surface area contributed by atoms with Gasteiger partial charge in [0.15, 0.2) is 0 Å². The van der Waals surface area contributed by atoms with Crippen LogP contribution in [0.5, 0.6) is 0 Å². The monoisotopic (exact) mass is 398 g/mol. The SMILES string of the molecule is CCCCCCC/C=C/c1cc(-c2cncn2C)ccc1C(O)CCCC(=O)O. The molecule has 5 nitrogen and oxygen atoms in total. The quantitative estimate of drug-likeness (QED) is 0.421. The third kappa shape index (κ3) is 7.50. The highest BCUT2D eigenvalue weighted by molar-refractivity contribution is 5.67. The number of hydrogen-bond acceptors (Lipinski definition) is 3. The zero-order valence-corrected chi connectivity index (χ0v) is 17.7. The number of carboxylic acids is 1. The number of rotatable bonds is 13. The number of nitrogens with zero attached hydrogens (tertiary/aromatic N) is 2. The standard InChI is InChI=1S/C24H34N2O3/c1-3-4-5-6-7-8-9-11-19-16-20(22-17-25-18-26(22)2)14-15-21(19)23(27)12-10-13-24(28)29/h9,11,14-18,23,27H,3-8,10,12-13H2,1-2H3,(H,28,29)/b11-9+. The Labute approximate surface area is 174 Å². The van der Waals surface area contributed by atoms with E-state index in [2.05, 4.69) is 30.1 Å². The van der Waals surface area contributed by atoms with E-state index in [1.54, 1.807) is 6.33 Å². The summed E-state index contributed by atoms with van der Waals surface area (Å²) in [6.45, 7) is 2.22. The number of hydrogen-bond donors (Lipinski definition) is 2. The molecule has 1 aromatic heterocycles. The van der Waals surface area contributed by atoms with Crippen molar-refractivity contribution in [3.63, 3.8) is 0 Å². The zero-order valence-electron chi connectivity index (χ0n) is 17.7. The first-order valence-electron chi connectivity index (χ1n) is 10.7. The van der Waals surface area contributed by atoms with E-state index >= 15 is 0 Å². The van der Waals surface area contributed by atoms with Gasteiger partial charge in [-0.15, -0.1) is 0 Å². The van der Waals surface area contributed by atoms with Gasteiger partial charge in [0.2, 0.25) is 0 Å². The van der Waals surface area contributed by atoms with Crippen molar-refractivity contribution >= 4 is 12.0 Å². The first kappa shape index (κ1) is 22.9. The molecule has 1 atom stereocenters. The van der Waals surface area contributed by atoms with Crippen LogP contribution in [0.2, 0.25) is 0 Å². The van der Waals surface area contributed by atoms with Crippen molar-refractivity contribution in [3.8, 4) is 11.3 Å². The molecule has 0 saturated heterocycles. The number of imidazole rings is 1. The molecule has 0 radical (unpaired) electrons. The summed E-state index contributed by atoms with van der Waals surface area (Å²) >= 11 is 0. The van der Waals surface area contributed by atoms with Crippen molar-refractivity contribution in [2.75, 3.05) is 0 Å². The Kier molecular flexibility index (Phi) is 9.65. The fourth-order valence-electron chi connectivity index (χ4n) is 3.50. The van der Waals surface area contributed by atoms with Crippen molar-refractivity contribution in [3.05, 3.63) is 47.9 Å². The van der Waals surface area contributed by atoms with Crippen LogP contribution in [0.15, 0.2) is 36.8 Å². The van der Waals surface area contributed by atoms with Crippen LogP contribution in [0, 0.1) is 0 Å². The molecule has 0 spiro atoms. The highest BCUT2D eigenvalue weighted by Gasteiger charge is 2.14. The van der Waals surface area contributed by atoms with Crippen LogP contribution in [0.3, 0.4) is 0 Å². The molecule has 0 bridgehead atoms. The average Bonchev–Trinajstić information content (AvgIpc) is 3.12. The van der Waals surface area contributed by atoms with Crippen molar-refractivity contribution < 1.29 is 15.0 Å². The Hall–Kier alpha value is -2.40. The molecule has 0 aliphatic carbocycles. The van der Waals surface area contributed by atoms with E-state index in [0.29, 0.717) is 12.8 Å². The molecule has 1 unspecified atom stereocenters. The molecule has 1 heterocycles. The molecule has 0 amide bonds. The van der Waals surface area contributed by atoms with Gasteiger partial charge in [-0.2, -0.15) is 0 Å². The third-order valence-corrected chi connectivity index (χ3v) is 5.20. The number of aliphatic carboxylic acids is 1. The number of aromatic nitrogens is 2. The molecule has 0 saturated carbocycles. The molecule has 5 heteroatoms. The molecule has 158 valence electrons. The maximum atomic E-state index is 10.8. The minimum atomic E-state index is -0.827. The lowest BCUT2D eigenvalue weighted by atomic mass is 9.95. The maximum Gasteiger partial charge on any atom is 0.303 e. The van der Waals surface area contributed by atoms with Gasteiger partial charge in [0, 0.05) is 19.0 Å². The van der Waals surface area contributed by atoms with Crippen molar-refractivity contribution in [2.24, 2.45) is 7.05 Å². The molecular weight excluding hydrogens is 364 g/mol. The van der Waals surface area contributed by atoms with Crippen molar-refractivity contribution in [1.82, 2.24) is 9.55 Å². The summed E-state index contributed by atoms with van der Waals surface area (Å²) in [4.78, 5) is 15.0. The number of carbonyl (C=O) groups is 1. The van der Waals surface area contributed by atoms with Crippen LogP contribution in [0.25, 0.3) is 17.3 Å². The lowest BCUT2D eigenvalue weighted by Crippen LogP contribution is -2.03. The van der Waals surface area contributed by atoms with Gasteiger partial charge in [-0.3, -0.25) is 4.79 Å². The van der Waals surface area contributed by atoms with Crippen LogP contribution in [0.1, 0.15) is 81.9 Å². The lowest BCUT2D eigenvalue weighted by molar-refractivity contribution is -0.137. The van der Waals surface area contributed by atoms with E-state index in [-0.39, 0.29) is 6.42 Å². The summed E-state index contributed by atoms with van der Waals surface area (Å²) in [7, 11) is 1.96. The Morgan fingerprint density at radius 3 is 2.69 bits per heavy atom. The number of allylic oxidation sites excluding steroid dienone is 1. The van der Waals surface area contributed by atoms with Crippen LogP contribution in [-0.2, 0) is 11.8 Å². The molecule has 0 aliphatic heterocycles. The summed E-state index contributed by atoms with van der Waals surface area (Å²) in [6, 6.07) is 6.03. The van der Waals surface area contributed by atoms with E-state index in [1.165, 1.54) is 32.1 Å². The minimum absolute atomic E-state index is 0.0765. The van der Waals surface area contributed by atoms with E-state index in [9.17, 15) is 9.90 Å². The predicted octanol–water partition coefficient (Wildman–Crippen LogP) is 5.75. The molecule has 0 aliphatic rings. The number of aliphatic hydroxyl groups is 1. The third-order valence-electron chi connectivity index (χ3n) is 5.20. The Morgan fingerprint density at radius 2 is 2.00 bits per heavy atom. The topological polar surface area (TPSA) is 75.3 Å². The summed E-state index contributed by atoms with van der Waals surface area (Å²) in [5, 5.41) is 19.5. The molecular formula is C24H34N2O3. The Morgan fingerprint density at radius 1 is 1.21 bits per heavy atom. The summed E-state index contributed by atoms with van der Waals surface area (Å²) in [5.41, 5.74) is 3.91. The second-order valence-corrected chi connectivity index (χ2v) is 7.64. The second kappa shape index (κ2) is 12.2. The summed E-state index contributed by atoms with van der Waals surface area (Å²) in [6.07, 6.45) is 15.5. The highest BCUT2D eigenvalue weighted by Crippen LogP contribution is 2.29. The smallest absolute Gasteiger partial charge is 0.303 e. The summed E-state index contributed by atoms with van der Waals surface area (Å²) < 4.78 is 1.97. The lowest BCUT2D eigenvalue weighted by Gasteiger charge is -2.15. The van der Waals surface area contributed by atoms with Gasteiger partial charge in [-0.1, -0.05) is 56.9 Å². The number of aliphatic hydroxyl groups excluding tert-OH is 1. The minimum Gasteiger partial charge on any atom is -0.481 e. The van der Waals surface area contributed by atoms with Crippen LogP contribution in [-0.4, -0.2) is 25.7 Å². The van der Waals surface area contributed by atoms with E-state index < -0.39 is 12.1 Å². The predicted molar refractivity (Wildman–Crippen MR) is 118 cm³/mol. The van der Waals surface area contributed by atoms with E-state index in [1.807, 2.05) is 29.9 Å². The fourth-order valence-corrected chi connectivity index (χ4v) is 3.50. The number of aryl methyl sites for hydroxylation is 1. The van der Waals surface area contributed by atoms with Gasteiger partial charge in [0.05, 0.1) is 24.3 Å². The van der Waals surface area contributed by atoms with Crippen LogP contribution in [0.4, 0.5) is 0 Å². The van der Waals surface area contributed by atoms with Gasteiger partial charge < -0.3 is 14.8 Å². The van der Waals surface area contributed by atoms with Crippen LogP contribution < -0.4 is 0 Å². The van der Waals surface area contributed by atoms with E-state index in [4.69, 9.17) is 5.11 Å². The van der Waals surface area contributed by atoms with Gasteiger partial charge in [0.1, 0.15) is 0 Å². The van der Waals surface area contributed by atoms with Crippen molar-refractivity contribution in [1.29, 1.82) is 0 Å². The molecule has 2 N–H and O–H groups in total. The number of carboxylic acid groups (broad SMARTS) is 1. The highest BCUT2D eigenvalue weighted by atomic mass is 16.4. The Balaban J connectivity index is 2.13. The number of benzene rings is 1. The average molecular weight is 399 g/mol. The summed E-state index contributed by atoms with van der Waals surface area (Å²) in [5.74, 6) is -0.827. The normalized spacial score (nSPS) is 12.5. The van der Waals surface area contributed by atoms with Gasteiger partial charge in [0.25, 0.3) is 0 Å². The Bertz CT molecular complexity index is 795. The largest absolute Gasteiger partial charge is 0.481 e. The van der Waals surface area contributed by atoms with Gasteiger partial charge >= 0.3 is 5.97 Å². The van der Waals surface area contributed by atoms with Crippen LogP contribution >= 0.6 is 0 Å². The fraction of sp³-hybridized carbons (Fsp3) is 0.500. The maximum absolute atomic E-state index is 10.8. The second-order valence-electron chi connectivity index (χ2n) is 7.64.